The Labute approximate surface area is 142 Å². The Morgan fingerprint density at radius 3 is 2.88 bits per heavy atom. The van der Waals surface area contributed by atoms with Crippen LogP contribution in [0.15, 0.2) is 29.1 Å². The minimum atomic E-state index is -0.970. The number of aromatic carboxylic acids is 1. The lowest BCUT2D eigenvalue weighted by Gasteiger charge is -2.10. The Kier molecular flexibility index (Phi) is 3.69. The van der Waals surface area contributed by atoms with Crippen LogP contribution in [0.25, 0.3) is 10.2 Å². The Bertz CT molecular complexity index is 1000. The molecule has 0 atom stereocenters. The van der Waals surface area contributed by atoms with Gasteiger partial charge in [-0.05, 0) is 42.9 Å². The summed E-state index contributed by atoms with van der Waals surface area (Å²) in [4.78, 5) is 32.5. The number of thiophene rings is 1. The third-order valence-electron chi connectivity index (χ3n) is 4.46. The van der Waals surface area contributed by atoms with Crippen molar-refractivity contribution in [2.45, 2.75) is 32.1 Å². The van der Waals surface area contributed by atoms with Gasteiger partial charge in [-0.3, -0.25) is 4.79 Å². The molecular formula is C18H16N2O3S. The number of carboxylic acids is 1. The van der Waals surface area contributed by atoms with Gasteiger partial charge in [0.05, 0.1) is 11.1 Å². The first kappa shape index (κ1) is 15.1. The summed E-state index contributed by atoms with van der Waals surface area (Å²) < 4.78 is 0.692. The number of rotatable bonds is 3. The molecule has 0 radical (unpaired) electrons. The van der Waals surface area contributed by atoms with Crippen LogP contribution < -0.4 is 5.56 Å². The van der Waals surface area contributed by atoms with Crippen molar-refractivity contribution in [3.05, 3.63) is 62.0 Å². The summed E-state index contributed by atoms with van der Waals surface area (Å²) in [5, 5.41) is 9.30. The third kappa shape index (κ3) is 2.53. The molecule has 3 aromatic rings. The number of H-pyrrole nitrogens is 1. The maximum atomic E-state index is 12.4. The average molecular weight is 340 g/mol. The second-order valence-electron chi connectivity index (χ2n) is 6.04. The van der Waals surface area contributed by atoms with Gasteiger partial charge >= 0.3 is 5.97 Å². The molecule has 0 amide bonds. The summed E-state index contributed by atoms with van der Waals surface area (Å²) in [5.41, 5.74) is 2.78. The molecular weight excluding hydrogens is 324 g/mol. The van der Waals surface area contributed by atoms with E-state index < -0.39 is 5.97 Å². The van der Waals surface area contributed by atoms with E-state index in [1.807, 2.05) is 0 Å². The highest BCUT2D eigenvalue weighted by Gasteiger charge is 2.20. The van der Waals surface area contributed by atoms with Gasteiger partial charge in [-0.25, -0.2) is 9.78 Å². The number of fused-ring (bicyclic) bond motifs is 3. The zero-order valence-electron chi connectivity index (χ0n) is 13.0. The van der Waals surface area contributed by atoms with Gasteiger partial charge in [0.25, 0.3) is 5.56 Å². The maximum absolute atomic E-state index is 12.4. The molecule has 0 aliphatic heterocycles. The minimum Gasteiger partial charge on any atom is -0.478 e. The second kappa shape index (κ2) is 5.87. The first-order valence-corrected chi connectivity index (χ1v) is 8.80. The Morgan fingerprint density at radius 1 is 1.25 bits per heavy atom. The SMILES string of the molecule is O=C(O)c1ccccc1Cc1nc2c3c(sc2c(=O)[nH]1)CCCC3. The van der Waals surface area contributed by atoms with E-state index in [1.54, 1.807) is 35.6 Å². The lowest BCUT2D eigenvalue weighted by Crippen LogP contribution is -2.12. The van der Waals surface area contributed by atoms with Crippen LogP contribution in [-0.2, 0) is 19.3 Å². The first-order valence-electron chi connectivity index (χ1n) is 7.98. The van der Waals surface area contributed by atoms with Gasteiger partial charge < -0.3 is 10.1 Å². The molecule has 0 unspecified atom stereocenters. The van der Waals surface area contributed by atoms with Crippen LogP contribution in [0, 0.1) is 0 Å². The van der Waals surface area contributed by atoms with E-state index in [4.69, 9.17) is 0 Å². The molecule has 0 fully saturated rings. The topological polar surface area (TPSA) is 83.0 Å². The second-order valence-corrected chi connectivity index (χ2v) is 7.15. The zero-order chi connectivity index (χ0) is 16.7. The summed E-state index contributed by atoms with van der Waals surface area (Å²) in [6.07, 6.45) is 4.59. The van der Waals surface area contributed by atoms with Crippen molar-refractivity contribution in [1.29, 1.82) is 0 Å². The number of benzene rings is 1. The van der Waals surface area contributed by atoms with Crippen LogP contribution >= 0.6 is 11.3 Å². The highest BCUT2D eigenvalue weighted by Crippen LogP contribution is 2.33. The van der Waals surface area contributed by atoms with Gasteiger partial charge in [0.15, 0.2) is 0 Å². The van der Waals surface area contributed by atoms with Crippen LogP contribution in [0.5, 0.6) is 0 Å². The van der Waals surface area contributed by atoms with E-state index in [9.17, 15) is 14.7 Å². The molecule has 2 N–H and O–H groups in total. The summed E-state index contributed by atoms with van der Waals surface area (Å²) in [5.74, 6) is -0.450. The Balaban J connectivity index is 1.81. The van der Waals surface area contributed by atoms with Crippen molar-refractivity contribution >= 4 is 27.5 Å². The number of carbonyl (C=O) groups is 1. The molecule has 1 aliphatic rings. The zero-order valence-corrected chi connectivity index (χ0v) is 13.8. The van der Waals surface area contributed by atoms with Gasteiger partial charge in [0, 0.05) is 11.3 Å². The van der Waals surface area contributed by atoms with Crippen molar-refractivity contribution in [1.82, 2.24) is 9.97 Å². The van der Waals surface area contributed by atoms with E-state index in [-0.39, 0.29) is 11.1 Å². The predicted octanol–water partition coefficient (Wildman–Crippen LogP) is 3.15. The van der Waals surface area contributed by atoms with Gasteiger partial charge in [-0.15, -0.1) is 11.3 Å². The lowest BCUT2D eigenvalue weighted by atomic mass is 9.98. The highest BCUT2D eigenvalue weighted by atomic mass is 32.1. The summed E-state index contributed by atoms with van der Waals surface area (Å²) in [7, 11) is 0. The highest BCUT2D eigenvalue weighted by molar-refractivity contribution is 7.19. The first-order chi connectivity index (χ1) is 11.6. The summed E-state index contributed by atoms with van der Waals surface area (Å²) in [6, 6.07) is 6.82. The molecule has 0 saturated heterocycles. The smallest absolute Gasteiger partial charge is 0.335 e. The minimum absolute atomic E-state index is 0.123. The van der Waals surface area contributed by atoms with E-state index in [2.05, 4.69) is 9.97 Å². The van der Waals surface area contributed by atoms with E-state index in [0.717, 1.165) is 31.2 Å². The van der Waals surface area contributed by atoms with Crippen molar-refractivity contribution in [2.24, 2.45) is 0 Å². The fourth-order valence-corrected chi connectivity index (χ4v) is 4.54. The molecule has 0 spiro atoms. The van der Waals surface area contributed by atoms with Crippen LogP contribution in [0.1, 0.15) is 45.0 Å². The number of aryl methyl sites for hydroxylation is 2. The van der Waals surface area contributed by atoms with Crippen LogP contribution in [0.2, 0.25) is 0 Å². The molecule has 5 nitrogen and oxygen atoms in total. The standard InChI is InChI=1S/C18H16N2O3S/c21-17-16-15(12-7-3-4-8-13(12)24-16)19-14(20-17)9-10-5-1-2-6-11(10)18(22)23/h1-2,5-6H,3-4,7-9H2,(H,22,23)(H,19,20,21). The van der Waals surface area contributed by atoms with Crippen LogP contribution in [0.3, 0.4) is 0 Å². The molecule has 6 heteroatoms. The Morgan fingerprint density at radius 2 is 2.04 bits per heavy atom. The van der Waals surface area contributed by atoms with Gasteiger partial charge in [0.2, 0.25) is 0 Å². The third-order valence-corrected chi connectivity index (χ3v) is 5.74. The van der Waals surface area contributed by atoms with Crippen molar-refractivity contribution in [3.8, 4) is 0 Å². The number of hydrogen-bond donors (Lipinski definition) is 2. The van der Waals surface area contributed by atoms with Crippen molar-refractivity contribution < 1.29 is 9.90 Å². The molecule has 122 valence electrons. The van der Waals surface area contributed by atoms with E-state index in [1.165, 1.54) is 10.4 Å². The number of aromatic amines is 1. The predicted molar refractivity (Wildman–Crippen MR) is 93.1 cm³/mol. The molecule has 4 rings (SSSR count). The largest absolute Gasteiger partial charge is 0.478 e. The van der Waals surface area contributed by atoms with E-state index >= 15 is 0 Å². The maximum Gasteiger partial charge on any atom is 0.335 e. The average Bonchev–Trinajstić information content (AvgIpc) is 2.95. The lowest BCUT2D eigenvalue weighted by molar-refractivity contribution is 0.0696. The van der Waals surface area contributed by atoms with Gasteiger partial charge in [-0.2, -0.15) is 0 Å². The number of hydrogen-bond acceptors (Lipinski definition) is 4. The fourth-order valence-electron chi connectivity index (χ4n) is 3.32. The molecule has 0 saturated carbocycles. The van der Waals surface area contributed by atoms with Gasteiger partial charge in [-0.1, -0.05) is 18.2 Å². The van der Waals surface area contributed by atoms with Crippen molar-refractivity contribution in [3.63, 3.8) is 0 Å². The summed E-state index contributed by atoms with van der Waals surface area (Å²) >= 11 is 1.55. The normalized spacial score (nSPS) is 13.8. The monoisotopic (exact) mass is 340 g/mol. The molecule has 2 aromatic heterocycles. The molecule has 1 aliphatic carbocycles. The fraction of sp³-hybridized carbons (Fsp3) is 0.278. The number of carboxylic acid groups (broad SMARTS) is 1. The van der Waals surface area contributed by atoms with Crippen molar-refractivity contribution in [2.75, 3.05) is 0 Å². The Hall–Kier alpha value is -2.47. The molecule has 0 bridgehead atoms. The number of nitrogens with zero attached hydrogens (tertiary/aromatic N) is 1. The van der Waals surface area contributed by atoms with Gasteiger partial charge in [0.1, 0.15) is 10.5 Å². The summed E-state index contributed by atoms with van der Waals surface area (Å²) in [6.45, 7) is 0. The molecule has 24 heavy (non-hydrogen) atoms. The van der Waals surface area contributed by atoms with E-state index in [0.29, 0.717) is 22.5 Å². The quantitative estimate of drug-likeness (QED) is 0.767. The number of nitrogens with one attached hydrogen (secondary N) is 1. The van der Waals surface area contributed by atoms with Crippen LogP contribution in [0.4, 0.5) is 0 Å². The number of aromatic nitrogens is 2. The molecule has 2 heterocycles. The van der Waals surface area contributed by atoms with Crippen LogP contribution in [-0.4, -0.2) is 21.0 Å². The molecule has 1 aromatic carbocycles.